The van der Waals surface area contributed by atoms with E-state index in [1.807, 2.05) is 18.2 Å². The largest absolute Gasteiger partial charge is 0.497 e. The second-order valence-electron chi connectivity index (χ2n) is 5.85. The fraction of sp³-hybridized carbons (Fsp3) is 0.250. The summed E-state index contributed by atoms with van der Waals surface area (Å²) in [7, 11) is 6.26. The lowest BCUT2D eigenvalue weighted by Gasteiger charge is -2.14. The average Bonchev–Trinajstić information content (AvgIpc) is 3.14. The van der Waals surface area contributed by atoms with Gasteiger partial charge in [-0.2, -0.15) is 0 Å². The van der Waals surface area contributed by atoms with Crippen molar-refractivity contribution in [1.29, 1.82) is 0 Å². The molecule has 0 bridgehead atoms. The molecule has 3 aromatic rings. The second kappa shape index (κ2) is 7.90. The Morgan fingerprint density at radius 2 is 1.63 bits per heavy atom. The van der Waals surface area contributed by atoms with Crippen molar-refractivity contribution in [3.8, 4) is 23.0 Å². The van der Waals surface area contributed by atoms with E-state index >= 15 is 0 Å². The number of aromatic nitrogens is 1. The first-order valence-corrected chi connectivity index (χ1v) is 8.33. The summed E-state index contributed by atoms with van der Waals surface area (Å²) in [5.41, 5.74) is 2.15. The zero-order chi connectivity index (χ0) is 19.4. The van der Waals surface area contributed by atoms with Crippen LogP contribution in [0.1, 0.15) is 16.1 Å². The lowest BCUT2D eigenvalue weighted by atomic mass is 10.1. The number of H-pyrrole nitrogens is 1. The molecule has 0 aliphatic rings. The molecule has 27 heavy (non-hydrogen) atoms. The highest BCUT2D eigenvalue weighted by Crippen LogP contribution is 2.38. The summed E-state index contributed by atoms with van der Waals surface area (Å²) < 4.78 is 21.2. The third-order valence-electron chi connectivity index (χ3n) is 4.25. The van der Waals surface area contributed by atoms with Crippen molar-refractivity contribution in [3.63, 3.8) is 0 Å². The van der Waals surface area contributed by atoms with Gasteiger partial charge in [-0.3, -0.25) is 4.79 Å². The van der Waals surface area contributed by atoms with E-state index in [0.29, 0.717) is 29.5 Å². The van der Waals surface area contributed by atoms with Crippen LogP contribution in [0.2, 0.25) is 0 Å². The number of hydrogen-bond donors (Lipinski definition) is 2. The number of fused-ring (bicyclic) bond motifs is 1. The Morgan fingerprint density at radius 1 is 0.926 bits per heavy atom. The van der Waals surface area contributed by atoms with Crippen LogP contribution < -0.4 is 24.3 Å². The summed E-state index contributed by atoms with van der Waals surface area (Å²) in [5, 5.41) is 3.83. The Kier molecular flexibility index (Phi) is 5.40. The monoisotopic (exact) mass is 370 g/mol. The molecular formula is C20H22N2O5. The van der Waals surface area contributed by atoms with E-state index in [0.717, 1.165) is 22.2 Å². The Morgan fingerprint density at radius 3 is 2.22 bits per heavy atom. The second-order valence-corrected chi connectivity index (χ2v) is 5.85. The molecule has 142 valence electrons. The maximum atomic E-state index is 12.5. The van der Waals surface area contributed by atoms with Crippen LogP contribution in [0, 0.1) is 0 Å². The number of hydrogen-bond acceptors (Lipinski definition) is 5. The first-order valence-electron chi connectivity index (χ1n) is 8.33. The number of nitrogens with one attached hydrogen (secondary N) is 2. The smallest absolute Gasteiger partial charge is 0.267 e. The van der Waals surface area contributed by atoms with Crippen molar-refractivity contribution in [2.24, 2.45) is 0 Å². The first-order chi connectivity index (χ1) is 13.1. The van der Waals surface area contributed by atoms with Crippen LogP contribution in [0.25, 0.3) is 10.9 Å². The number of aromatic amines is 1. The number of amides is 1. The normalized spacial score (nSPS) is 10.5. The van der Waals surface area contributed by atoms with Gasteiger partial charge in [0, 0.05) is 23.5 Å². The molecule has 0 aliphatic heterocycles. The minimum absolute atomic E-state index is 0.209. The van der Waals surface area contributed by atoms with Crippen LogP contribution in [0.4, 0.5) is 0 Å². The molecule has 2 N–H and O–H groups in total. The van der Waals surface area contributed by atoms with Crippen LogP contribution >= 0.6 is 0 Å². The van der Waals surface area contributed by atoms with Gasteiger partial charge >= 0.3 is 0 Å². The van der Waals surface area contributed by atoms with Crippen LogP contribution in [0.5, 0.6) is 23.0 Å². The summed E-state index contributed by atoms with van der Waals surface area (Å²) >= 11 is 0. The Labute approximate surface area is 157 Å². The zero-order valence-corrected chi connectivity index (χ0v) is 15.7. The molecule has 0 saturated carbocycles. The van der Waals surface area contributed by atoms with Gasteiger partial charge < -0.3 is 29.2 Å². The Bertz CT molecular complexity index is 939. The fourth-order valence-electron chi connectivity index (χ4n) is 2.87. The van der Waals surface area contributed by atoms with Gasteiger partial charge in [-0.25, -0.2) is 0 Å². The van der Waals surface area contributed by atoms with Gasteiger partial charge in [0.05, 0.1) is 28.4 Å². The molecule has 7 heteroatoms. The predicted molar refractivity (Wildman–Crippen MR) is 102 cm³/mol. The van der Waals surface area contributed by atoms with Gasteiger partial charge in [0.15, 0.2) is 11.5 Å². The summed E-state index contributed by atoms with van der Waals surface area (Å²) in [4.78, 5) is 15.6. The number of benzene rings is 2. The molecule has 7 nitrogen and oxygen atoms in total. The van der Waals surface area contributed by atoms with E-state index in [4.69, 9.17) is 18.9 Å². The van der Waals surface area contributed by atoms with Crippen LogP contribution in [0.15, 0.2) is 36.4 Å². The van der Waals surface area contributed by atoms with E-state index in [1.54, 1.807) is 46.6 Å². The van der Waals surface area contributed by atoms with Crippen molar-refractivity contribution < 1.29 is 23.7 Å². The average molecular weight is 370 g/mol. The lowest BCUT2D eigenvalue weighted by molar-refractivity contribution is 0.0946. The highest BCUT2D eigenvalue weighted by molar-refractivity contribution is 5.98. The maximum absolute atomic E-state index is 12.5. The van der Waals surface area contributed by atoms with Gasteiger partial charge in [-0.15, -0.1) is 0 Å². The molecule has 0 atom stereocenters. The summed E-state index contributed by atoms with van der Waals surface area (Å²) in [5.74, 6) is 2.12. The van der Waals surface area contributed by atoms with Gasteiger partial charge in [0.25, 0.3) is 5.91 Å². The minimum atomic E-state index is -0.209. The zero-order valence-electron chi connectivity index (χ0n) is 15.7. The maximum Gasteiger partial charge on any atom is 0.267 e. The van der Waals surface area contributed by atoms with Crippen molar-refractivity contribution in [2.75, 3.05) is 28.4 Å². The van der Waals surface area contributed by atoms with Crippen molar-refractivity contribution in [2.45, 2.75) is 6.54 Å². The number of rotatable bonds is 7. The van der Waals surface area contributed by atoms with Crippen LogP contribution in [-0.2, 0) is 6.54 Å². The number of methoxy groups -OCH3 is 4. The summed E-state index contributed by atoms with van der Waals surface area (Å²) in [6, 6.07) is 11.0. The number of ether oxygens (including phenoxy) is 4. The van der Waals surface area contributed by atoms with Gasteiger partial charge in [0.2, 0.25) is 5.75 Å². The molecule has 0 fully saturated rings. The highest BCUT2D eigenvalue weighted by Gasteiger charge is 2.15. The number of carbonyl (C=O) groups excluding carboxylic acids is 1. The molecule has 0 spiro atoms. The predicted octanol–water partition coefficient (Wildman–Crippen LogP) is 3.13. The van der Waals surface area contributed by atoms with E-state index in [1.165, 1.54) is 0 Å². The quantitative estimate of drug-likeness (QED) is 0.668. The van der Waals surface area contributed by atoms with Crippen LogP contribution in [0.3, 0.4) is 0 Å². The standard InChI is InChI=1S/C20H22N2O5/c1-24-14-6-5-13-9-16(22-15(13)10-14)20(23)21-11-12-7-17(25-2)19(27-4)18(8-12)26-3/h5-10,22H,11H2,1-4H3,(H,21,23). The molecule has 1 aromatic heterocycles. The topological polar surface area (TPSA) is 81.8 Å². The molecule has 0 aliphatic carbocycles. The molecule has 3 rings (SSSR count). The summed E-state index contributed by atoms with van der Waals surface area (Å²) in [6.45, 7) is 0.314. The molecule has 0 saturated heterocycles. The lowest BCUT2D eigenvalue weighted by Crippen LogP contribution is -2.23. The molecular weight excluding hydrogens is 348 g/mol. The first kappa shape index (κ1) is 18.4. The summed E-state index contributed by atoms with van der Waals surface area (Å²) in [6.07, 6.45) is 0. The van der Waals surface area contributed by atoms with Crippen LogP contribution in [-0.4, -0.2) is 39.3 Å². The third-order valence-corrected chi connectivity index (χ3v) is 4.25. The van der Waals surface area contributed by atoms with E-state index in [-0.39, 0.29) is 5.91 Å². The van der Waals surface area contributed by atoms with Gasteiger partial charge in [-0.1, -0.05) is 0 Å². The van der Waals surface area contributed by atoms with Crippen molar-refractivity contribution in [3.05, 3.63) is 47.7 Å². The fourth-order valence-corrected chi connectivity index (χ4v) is 2.87. The molecule has 2 aromatic carbocycles. The molecule has 0 radical (unpaired) electrons. The number of carbonyl (C=O) groups is 1. The Balaban J connectivity index is 1.77. The van der Waals surface area contributed by atoms with E-state index in [9.17, 15) is 4.79 Å². The van der Waals surface area contributed by atoms with Crippen molar-refractivity contribution in [1.82, 2.24) is 10.3 Å². The van der Waals surface area contributed by atoms with E-state index in [2.05, 4.69) is 10.3 Å². The molecule has 1 amide bonds. The molecule has 1 heterocycles. The van der Waals surface area contributed by atoms with Gasteiger partial charge in [0.1, 0.15) is 11.4 Å². The minimum Gasteiger partial charge on any atom is -0.497 e. The molecule has 0 unspecified atom stereocenters. The van der Waals surface area contributed by atoms with Crippen molar-refractivity contribution >= 4 is 16.8 Å². The third kappa shape index (κ3) is 3.76. The van der Waals surface area contributed by atoms with Gasteiger partial charge in [-0.05, 0) is 35.9 Å². The Hall–Kier alpha value is -3.35. The SMILES string of the molecule is COc1ccc2cc(C(=O)NCc3cc(OC)c(OC)c(OC)c3)[nH]c2c1. The van der Waals surface area contributed by atoms with E-state index < -0.39 is 0 Å². The highest BCUT2D eigenvalue weighted by atomic mass is 16.5.